The Hall–Kier alpha value is -1.96. The standard InChI is InChI=1S/C9H10N2O5S/c1-2-9(12)10-17(15,16)8-5-3-4-7(6-8)11(13)14/h3-6H,2H2,1H3,(H,10,12). The average Bonchev–Trinajstić information content (AvgIpc) is 2.28. The van der Waals surface area contributed by atoms with E-state index in [2.05, 4.69) is 0 Å². The van der Waals surface area contributed by atoms with Gasteiger partial charge in [0, 0.05) is 18.6 Å². The zero-order chi connectivity index (χ0) is 13.1. The Bertz CT molecular complexity index is 552. The van der Waals surface area contributed by atoms with E-state index in [1.165, 1.54) is 25.1 Å². The molecule has 1 rings (SSSR count). The van der Waals surface area contributed by atoms with Gasteiger partial charge in [-0.1, -0.05) is 13.0 Å². The number of hydrogen-bond acceptors (Lipinski definition) is 5. The van der Waals surface area contributed by atoms with Gasteiger partial charge in [0.15, 0.2) is 0 Å². The van der Waals surface area contributed by atoms with Gasteiger partial charge in [0.1, 0.15) is 0 Å². The van der Waals surface area contributed by atoms with Gasteiger partial charge < -0.3 is 0 Å². The van der Waals surface area contributed by atoms with Gasteiger partial charge in [-0.15, -0.1) is 0 Å². The molecular formula is C9H10N2O5S. The number of nitro benzene ring substituents is 1. The molecule has 0 aliphatic carbocycles. The van der Waals surface area contributed by atoms with Gasteiger partial charge in [-0.2, -0.15) is 0 Å². The van der Waals surface area contributed by atoms with Crippen molar-refractivity contribution >= 4 is 21.6 Å². The van der Waals surface area contributed by atoms with E-state index in [1.807, 2.05) is 0 Å². The van der Waals surface area contributed by atoms with Gasteiger partial charge in [-0.05, 0) is 6.07 Å². The van der Waals surface area contributed by atoms with Gasteiger partial charge in [0.05, 0.1) is 9.82 Å². The zero-order valence-corrected chi connectivity index (χ0v) is 9.73. The van der Waals surface area contributed by atoms with Crippen LogP contribution in [0.2, 0.25) is 0 Å². The number of amides is 1. The lowest BCUT2D eigenvalue weighted by molar-refractivity contribution is -0.385. The van der Waals surface area contributed by atoms with Gasteiger partial charge in [-0.3, -0.25) is 14.9 Å². The molecule has 1 N–H and O–H groups in total. The molecule has 8 heteroatoms. The van der Waals surface area contributed by atoms with Crippen LogP contribution in [0, 0.1) is 10.1 Å². The van der Waals surface area contributed by atoms with Gasteiger partial charge >= 0.3 is 0 Å². The smallest absolute Gasteiger partial charge is 0.270 e. The SMILES string of the molecule is CCC(=O)NS(=O)(=O)c1cccc([N+](=O)[O-])c1. The van der Waals surface area contributed by atoms with Crippen LogP contribution in [-0.2, 0) is 14.8 Å². The van der Waals surface area contributed by atoms with E-state index in [4.69, 9.17) is 0 Å². The van der Waals surface area contributed by atoms with Crippen molar-refractivity contribution in [3.05, 3.63) is 34.4 Å². The first-order valence-corrected chi connectivity index (χ1v) is 6.15. The minimum absolute atomic E-state index is 0.00809. The highest BCUT2D eigenvalue weighted by Gasteiger charge is 2.19. The van der Waals surface area contributed by atoms with Crippen LogP contribution in [0.4, 0.5) is 5.69 Å². The topological polar surface area (TPSA) is 106 Å². The van der Waals surface area contributed by atoms with Crippen molar-refractivity contribution in [2.45, 2.75) is 18.2 Å². The summed E-state index contributed by atoms with van der Waals surface area (Å²) < 4.78 is 25.0. The molecule has 0 saturated carbocycles. The molecule has 0 unspecified atom stereocenters. The van der Waals surface area contributed by atoms with Crippen LogP contribution in [-0.4, -0.2) is 19.2 Å². The summed E-state index contributed by atoms with van der Waals surface area (Å²) >= 11 is 0. The molecule has 17 heavy (non-hydrogen) atoms. The zero-order valence-electron chi connectivity index (χ0n) is 8.91. The molecule has 0 aliphatic heterocycles. The Morgan fingerprint density at radius 2 is 2.12 bits per heavy atom. The van der Waals surface area contributed by atoms with E-state index >= 15 is 0 Å². The predicted octanol–water partition coefficient (Wildman–Crippen LogP) is 0.810. The lowest BCUT2D eigenvalue weighted by Crippen LogP contribution is -2.29. The third kappa shape index (κ3) is 3.25. The number of benzene rings is 1. The largest absolute Gasteiger partial charge is 0.274 e. The number of rotatable bonds is 4. The maximum absolute atomic E-state index is 11.6. The normalized spacial score (nSPS) is 10.9. The molecule has 0 aromatic heterocycles. The Morgan fingerprint density at radius 3 is 2.65 bits per heavy atom. The highest BCUT2D eigenvalue weighted by atomic mass is 32.2. The second-order valence-corrected chi connectivity index (χ2v) is 4.82. The second-order valence-electron chi connectivity index (χ2n) is 3.14. The monoisotopic (exact) mass is 258 g/mol. The molecule has 0 saturated heterocycles. The highest BCUT2D eigenvalue weighted by molar-refractivity contribution is 7.90. The summed E-state index contributed by atoms with van der Waals surface area (Å²) in [5, 5.41) is 10.5. The molecule has 0 heterocycles. The maximum atomic E-state index is 11.6. The number of nitrogens with one attached hydrogen (secondary N) is 1. The minimum atomic E-state index is -4.03. The summed E-state index contributed by atoms with van der Waals surface area (Å²) in [5.74, 6) is -0.670. The number of hydrogen-bond donors (Lipinski definition) is 1. The van der Waals surface area contributed by atoms with E-state index in [-0.39, 0.29) is 17.0 Å². The van der Waals surface area contributed by atoms with Crippen molar-refractivity contribution in [2.75, 3.05) is 0 Å². The fraction of sp³-hybridized carbons (Fsp3) is 0.222. The number of carbonyl (C=O) groups excluding carboxylic acids is 1. The maximum Gasteiger partial charge on any atom is 0.270 e. The first-order chi connectivity index (χ1) is 7.86. The lowest BCUT2D eigenvalue weighted by Gasteiger charge is -2.05. The highest BCUT2D eigenvalue weighted by Crippen LogP contribution is 2.16. The van der Waals surface area contributed by atoms with Crippen LogP contribution in [0.5, 0.6) is 0 Å². The van der Waals surface area contributed by atoms with Crippen LogP contribution in [0.3, 0.4) is 0 Å². The molecule has 7 nitrogen and oxygen atoms in total. The Balaban J connectivity index is 3.11. The number of sulfonamides is 1. The number of non-ortho nitro benzene ring substituents is 1. The van der Waals surface area contributed by atoms with Crippen molar-refractivity contribution < 1.29 is 18.1 Å². The van der Waals surface area contributed by atoms with Gasteiger partial charge in [0.2, 0.25) is 5.91 Å². The summed E-state index contributed by atoms with van der Waals surface area (Å²) in [6.45, 7) is 1.50. The molecule has 0 atom stereocenters. The van der Waals surface area contributed by atoms with Crippen LogP contribution in [0.1, 0.15) is 13.3 Å². The van der Waals surface area contributed by atoms with E-state index in [0.717, 1.165) is 6.07 Å². The fourth-order valence-electron chi connectivity index (χ4n) is 1.05. The molecule has 0 radical (unpaired) electrons. The van der Waals surface area contributed by atoms with Crippen LogP contribution >= 0.6 is 0 Å². The van der Waals surface area contributed by atoms with E-state index in [0.29, 0.717) is 0 Å². The molecule has 1 aromatic carbocycles. The lowest BCUT2D eigenvalue weighted by atomic mass is 10.3. The Kier molecular flexibility index (Phi) is 3.79. The quantitative estimate of drug-likeness (QED) is 0.635. The van der Waals surface area contributed by atoms with Crippen molar-refractivity contribution in [1.82, 2.24) is 4.72 Å². The van der Waals surface area contributed by atoms with Crippen molar-refractivity contribution in [3.8, 4) is 0 Å². The van der Waals surface area contributed by atoms with Crippen LogP contribution < -0.4 is 4.72 Å². The molecule has 1 amide bonds. The molecule has 0 spiro atoms. The molecule has 1 aromatic rings. The molecule has 0 aliphatic rings. The third-order valence-electron chi connectivity index (χ3n) is 1.91. The fourth-order valence-corrected chi connectivity index (χ4v) is 2.14. The number of nitrogens with zero attached hydrogens (tertiary/aromatic N) is 1. The van der Waals surface area contributed by atoms with E-state index < -0.39 is 20.9 Å². The summed E-state index contributed by atoms with van der Waals surface area (Å²) in [4.78, 5) is 20.5. The molecular weight excluding hydrogens is 248 g/mol. The van der Waals surface area contributed by atoms with Gasteiger partial charge in [-0.25, -0.2) is 13.1 Å². The molecule has 0 bridgehead atoms. The van der Waals surface area contributed by atoms with Crippen molar-refractivity contribution in [1.29, 1.82) is 0 Å². The summed E-state index contributed by atoms with van der Waals surface area (Å²) in [7, 11) is -4.03. The van der Waals surface area contributed by atoms with Crippen LogP contribution in [0.25, 0.3) is 0 Å². The Morgan fingerprint density at radius 1 is 1.47 bits per heavy atom. The first-order valence-electron chi connectivity index (χ1n) is 4.67. The van der Waals surface area contributed by atoms with E-state index in [1.54, 1.807) is 4.72 Å². The summed E-state index contributed by atoms with van der Waals surface area (Å²) in [5.41, 5.74) is -0.350. The third-order valence-corrected chi connectivity index (χ3v) is 3.28. The summed E-state index contributed by atoms with van der Waals surface area (Å²) in [6, 6.07) is 4.48. The number of carbonyl (C=O) groups is 1. The van der Waals surface area contributed by atoms with Crippen molar-refractivity contribution in [3.63, 3.8) is 0 Å². The average molecular weight is 258 g/mol. The molecule has 92 valence electrons. The predicted molar refractivity (Wildman–Crippen MR) is 58.7 cm³/mol. The second kappa shape index (κ2) is 4.91. The van der Waals surface area contributed by atoms with Gasteiger partial charge in [0.25, 0.3) is 15.7 Å². The number of nitro groups is 1. The van der Waals surface area contributed by atoms with Crippen LogP contribution in [0.15, 0.2) is 29.2 Å². The first kappa shape index (κ1) is 13.1. The van der Waals surface area contributed by atoms with E-state index in [9.17, 15) is 23.3 Å². The Labute approximate surface area is 97.7 Å². The molecule has 0 fully saturated rings. The summed E-state index contributed by atoms with van der Waals surface area (Å²) in [6.07, 6.45) is 0.00809. The minimum Gasteiger partial charge on any atom is -0.274 e. The van der Waals surface area contributed by atoms with Crippen molar-refractivity contribution in [2.24, 2.45) is 0 Å².